The van der Waals surface area contributed by atoms with E-state index < -0.39 is 114 Å². The molecule has 416 valence electrons. The van der Waals surface area contributed by atoms with E-state index in [1.54, 1.807) is 59.2 Å². The van der Waals surface area contributed by atoms with Crippen LogP contribution in [0.2, 0.25) is 0 Å². The second-order valence-corrected chi connectivity index (χ2v) is 20.3. The van der Waals surface area contributed by atoms with Gasteiger partial charge in [-0.1, -0.05) is 68.4 Å². The maximum absolute atomic E-state index is 14.8. The van der Waals surface area contributed by atoms with Crippen molar-refractivity contribution in [2.24, 2.45) is 11.7 Å². The molecule has 9 amide bonds. The first-order valence-electron chi connectivity index (χ1n) is 25.5. The lowest BCUT2D eigenvalue weighted by molar-refractivity contribution is -0.142. The molecule has 2 aromatic carbocycles. The average molecular weight is 1090 g/mol. The Morgan fingerprint density at radius 1 is 0.792 bits per heavy atom. The Bertz CT molecular complexity index is 2730. The zero-order chi connectivity index (χ0) is 56.5. The molecule has 77 heavy (non-hydrogen) atoms. The van der Waals surface area contributed by atoms with Crippen LogP contribution in [0.5, 0.6) is 0 Å². The molecule has 7 atom stereocenters. The predicted octanol–water partition coefficient (Wildman–Crippen LogP) is 0.497. The van der Waals surface area contributed by atoms with E-state index in [-0.39, 0.29) is 74.6 Å². The van der Waals surface area contributed by atoms with Crippen molar-refractivity contribution in [1.29, 1.82) is 0 Å². The van der Waals surface area contributed by atoms with Crippen LogP contribution in [-0.2, 0) is 75.2 Å². The third-order valence-electron chi connectivity index (χ3n) is 12.9. The fourth-order valence-corrected chi connectivity index (χ4v) is 10.3. The molecule has 0 spiro atoms. The van der Waals surface area contributed by atoms with Crippen LogP contribution >= 0.6 is 11.8 Å². The molecule has 1 fully saturated rings. The highest BCUT2D eigenvalue weighted by Gasteiger charge is 2.40. The summed E-state index contributed by atoms with van der Waals surface area (Å²) in [6.07, 6.45) is 2.18. The number of hydrogen-bond donors (Lipinski definition) is 8. The molecule has 1 saturated heterocycles. The van der Waals surface area contributed by atoms with Gasteiger partial charge in [0, 0.05) is 49.0 Å². The van der Waals surface area contributed by atoms with Gasteiger partial charge in [0.15, 0.2) is 0 Å². The van der Waals surface area contributed by atoms with Crippen molar-refractivity contribution >= 4 is 93.2 Å². The average Bonchev–Trinajstić information content (AvgIpc) is 4.01. The number of methoxy groups -OCH3 is 2. The maximum atomic E-state index is 14.8. The second-order valence-electron chi connectivity index (χ2n) is 19.3. The highest BCUT2D eigenvalue weighted by atomic mass is 32.2. The maximum Gasteiger partial charge on any atom is 0.340 e. The van der Waals surface area contributed by atoms with Gasteiger partial charge < -0.3 is 61.9 Å². The number of nitrogens with one attached hydrogen (secondary N) is 7. The Hall–Kier alpha value is -7.76. The third-order valence-corrected chi connectivity index (χ3v) is 14.1. The lowest BCUT2D eigenvalue weighted by atomic mass is 10.0. The lowest BCUT2D eigenvalue weighted by Crippen LogP contribution is -2.60. The summed E-state index contributed by atoms with van der Waals surface area (Å²) >= 11 is 1.09. The van der Waals surface area contributed by atoms with Crippen LogP contribution in [-0.4, -0.2) is 150 Å². The molecule has 9 N–H and O–H groups in total. The normalized spacial score (nSPS) is 21.9. The molecule has 0 radical (unpaired) electrons. The standard InChI is InChI=1S/C53H70N10O13S/c1-29(2)24-39-51(73)62-23-15-21-41(62)50(72)58-37(47(69)55-27-42(54)65)20-13-14-22-63-44(36(53(74)76-7)26-43(66)75-6)34-18-11-12-19-35(34)52(63)77-28-40(61-45(67)30(3)56-32(5)64)49(71)59-38(25-33-16-9-8-10-17-33)48(70)57-31(4)46(68)60-39/h8-12,16-19,26,29-31,37-41H,13-15,20-25,27-28H2,1-7H3,(H2,54,65)(H,55,69)(H,56,64)(H,57,70)(H,58,72)(H,59,71)(H,60,68)(H,61,67)/b36-26-/t30-,31-,37-,38-,39-,40-,41-/m0/s1. The number of nitrogens with zero attached hydrogens (tertiary/aromatic N) is 2. The molecule has 3 heterocycles. The predicted molar refractivity (Wildman–Crippen MR) is 284 cm³/mol. The Balaban J connectivity index is 1.68. The molecule has 0 unspecified atom stereocenters. The summed E-state index contributed by atoms with van der Waals surface area (Å²) in [7, 11) is 2.28. The van der Waals surface area contributed by atoms with Gasteiger partial charge in [-0.3, -0.25) is 43.2 Å². The Morgan fingerprint density at radius 2 is 1.47 bits per heavy atom. The number of primary amides is 1. The van der Waals surface area contributed by atoms with Gasteiger partial charge in [0.05, 0.1) is 37.1 Å². The zero-order valence-corrected chi connectivity index (χ0v) is 45.2. The van der Waals surface area contributed by atoms with Crippen LogP contribution in [0.25, 0.3) is 16.3 Å². The minimum atomic E-state index is -1.43. The number of esters is 2. The largest absolute Gasteiger partial charge is 0.466 e. The van der Waals surface area contributed by atoms with E-state index >= 15 is 0 Å². The van der Waals surface area contributed by atoms with Crippen LogP contribution in [0.4, 0.5) is 0 Å². The molecular weight excluding hydrogens is 1020 g/mol. The van der Waals surface area contributed by atoms with Crippen LogP contribution in [0.1, 0.15) is 84.4 Å². The number of nitrogens with two attached hydrogens (primary N) is 1. The SMILES string of the molecule is COC(=O)/C=C(\C(=O)OC)c1c2ccccc2c2n1CCCC[C@@H](C(=O)NCC(N)=O)NC(=O)[C@@H]1CCCN1C(=O)[C@H](CC(C)C)NC(=O)[C@H](C)NC(=O)[C@H](Cc1ccccc1)NC(=O)[C@@H](NC(=O)[C@H](C)NC(C)=O)CS2. The van der Waals surface area contributed by atoms with Crippen LogP contribution < -0.4 is 43.0 Å². The monoisotopic (exact) mass is 1090 g/mol. The summed E-state index contributed by atoms with van der Waals surface area (Å²) in [5.41, 5.74) is 6.02. The quantitative estimate of drug-likeness (QED) is 0.0854. The van der Waals surface area contributed by atoms with Crippen LogP contribution in [0.3, 0.4) is 0 Å². The van der Waals surface area contributed by atoms with Gasteiger partial charge in [-0.25, -0.2) is 9.59 Å². The molecule has 23 nitrogen and oxygen atoms in total. The van der Waals surface area contributed by atoms with Gasteiger partial charge in [-0.05, 0) is 63.9 Å². The zero-order valence-electron chi connectivity index (χ0n) is 44.4. The molecule has 24 heteroatoms. The fourth-order valence-electron chi connectivity index (χ4n) is 9.11. The fraction of sp³-hybridized carbons (Fsp3) is 0.491. The molecular formula is C53H70N10O13S. The lowest BCUT2D eigenvalue weighted by Gasteiger charge is -2.31. The van der Waals surface area contributed by atoms with E-state index in [1.807, 2.05) is 13.8 Å². The van der Waals surface area contributed by atoms with E-state index in [0.717, 1.165) is 32.1 Å². The molecule has 2 aliphatic rings. The van der Waals surface area contributed by atoms with Crippen molar-refractivity contribution in [2.45, 2.75) is 133 Å². The number of benzene rings is 2. The molecule has 0 saturated carbocycles. The summed E-state index contributed by atoms with van der Waals surface area (Å²) in [5, 5.41) is 20.2. The molecule has 2 aliphatic heterocycles. The van der Waals surface area contributed by atoms with E-state index in [0.29, 0.717) is 27.8 Å². The van der Waals surface area contributed by atoms with Crippen LogP contribution in [0.15, 0.2) is 65.7 Å². The van der Waals surface area contributed by atoms with Crippen molar-refractivity contribution in [1.82, 2.24) is 46.7 Å². The minimum absolute atomic E-state index is 0.00198. The third kappa shape index (κ3) is 16.6. The first-order valence-corrected chi connectivity index (χ1v) is 26.4. The summed E-state index contributed by atoms with van der Waals surface area (Å²) in [5.74, 6) is -8.49. The number of aromatic nitrogens is 1. The van der Waals surface area contributed by atoms with Crippen molar-refractivity contribution in [2.75, 3.05) is 33.1 Å². The Labute approximate surface area is 450 Å². The minimum Gasteiger partial charge on any atom is -0.466 e. The van der Waals surface area contributed by atoms with E-state index in [2.05, 4.69) is 37.2 Å². The molecule has 5 rings (SSSR count). The van der Waals surface area contributed by atoms with Crippen molar-refractivity contribution in [3.8, 4) is 0 Å². The van der Waals surface area contributed by atoms with Crippen molar-refractivity contribution in [3.05, 3.63) is 71.9 Å². The number of amides is 9. The number of rotatable bonds is 13. The molecule has 1 aromatic heterocycles. The molecule has 0 bridgehead atoms. The van der Waals surface area contributed by atoms with Gasteiger partial charge in [0.25, 0.3) is 0 Å². The molecule has 3 aromatic rings. The number of thioether (sulfide) groups is 1. The Kier molecular flexibility index (Phi) is 22.2. The smallest absolute Gasteiger partial charge is 0.340 e. The summed E-state index contributed by atoms with van der Waals surface area (Å²) in [6.45, 7) is 7.46. The number of carbonyl (C=O) groups excluding carboxylic acids is 11. The van der Waals surface area contributed by atoms with Crippen LogP contribution in [0, 0.1) is 5.92 Å². The van der Waals surface area contributed by atoms with E-state index in [4.69, 9.17) is 15.2 Å². The van der Waals surface area contributed by atoms with Gasteiger partial charge in [0.1, 0.15) is 42.3 Å². The summed E-state index contributed by atoms with van der Waals surface area (Å²) in [6, 6.07) is 7.07. The number of carbonyl (C=O) groups is 11. The number of ether oxygens (including phenoxy) is 2. The van der Waals surface area contributed by atoms with Crippen molar-refractivity contribution < 1.29 is 62.2 Å². The summed E-state index contributed by atoms with van der Waals surface area (Å²) in [4.78, 5) is 151. The number of hydrogen-bond acceptors (Lipinski definition) is 14. The first kappa shape index (κ1) is 60.1. The van der Waals surface area contributed by atoms with Gasteiger partial charge in [-0.2, -0.15) is 0 Å². The van der Waals surface area contributed by atoms with Gasteiger partial charge in [0.2, 0.25) is 53.2 Å². The topological polar surface area (TPSA) is 325 Å². The van der Waals surface area contributed by atoms with E-state index in [1.165, 1.54) is 25.7 Å². The summed E-state index contributed by atoms with van der Waals surface area (Å²) < 4.78 is 11.8. The van der Waals surface area contributed by atoms with Gasteiger partial charge >= 0.3 is 11.9 Å². The van der Waals surface area contributed by atoms with Gasteiger partial charge in [-0.15, -0.1) is 11.8 Å². The highest BCUT2D eigenvalue weighted by Crippen LogP contribution is 2.38. The first-order chi connectivity index (χ1) is 36.6. The second kappa shape index (κ2) is 28.4. The Morgan fingerprint density at radius 3 is 2.12 bits per heavy atom. The van der Waals surface area contributed by atoms with Crippen molar-refractivity contribution in [3.63, 3.8) is 0 Å². The van der Waals surface area contributed by atoms with E-state index in [9.17, 15) is 52.7 Å². The molecule has 0 aliphatic carbocycles. The highest BCUT2D eigenvalue weighted by molar-refractivity contribution is 7.99. The number of fused-ring (bicyclic) bond motifs is 4.